The molecule has 0 spiro atoms. The summed E-state index contributed by atoms with van der Waals surface area (Å²) < 4.78 is 37.6. The predicted octanol–water partition coefficient (Wildman–Crippen LogP) is 4.02. The third-order valence-electron chi connectivity index (χ3n) is 3.69. The Kier molecular flexibility index (Phi) is 4.71. The van der Waals surface area contributed by atoms with E-state index in [0.717, 1.165) is 18.4 Å². The summed E-state index contributed by atoms with van der Waals surface area (Å²) >= 11 is 0. The van der Waals surface area contributed by atoms with Crippen LogP contribution < -0.4 is 0 Å². The van der Waals surface area contributed by atoms with E-state index in [1.165, 1.54) is 4.90 Å². The van der Waals surface area contributed by atoms with Crippen molar-refractivity contribution < 1.29 is 18.0 Å². The van der Waals surface area contributed by atoms with Crippen molar-refractivity contribution in [3.05, 3.63) is 35.4 Å². The van der Waals surface area contributed by atoms with Gasteiger partial charge in [-0.15, -0.1) is 0 Å². The minimum atomic E-state index is -4.26. The highest BCUT2D eigenvalue weighted by Gasteiger charge is 2.38. The van der Waals surface area contributed by atoms with E-state index < -0.39 is 12.7 Å². The first-order chi connectivity index (χ1) is 9.76. The largest absolute Gasteiger partial charge is 0.401 e. The fraction of sp³-hybridized carbons (Fsp3) is 0.562. The molecule has 0 saturated heterocycles. The number of carbonyl (C=O) groups excluding carboxylic acids is 1. The van der Waals surface area contributed by atoms with E-state index in [2.05, 4.69) is 13.8 Å². The van der Waals surface area contributed by atoms with Crippen LogP contribution in [0, 0.1) is 0 Å². The summed E-state index contributed by atoms with van der Waals surface area (Å²) in [6.07, 6.45) is -2.77. The summed E-state index contributed by atoms with van der Waals surface area (Å²) in [6.45, 7) is 2.93. The zero-order valence-corrected chi connectivity index (χ0v) is 12.3. The number of hydrogen-bond acceptors (Lipinski definition) is 2. The average Bonchev–Trinajstić information content (AvgIpc) is 3.20. The number of hydrogen-bond donors (Lipinski definition) is 0. The van der Waals surface area contributed by atoms with Crippen molar-refractivity contribution in [3.63, 3.8) is 0 Å². The number of Topliss-reactive ketones (excluding diaryl/α,β-unsaturated/α-hetero) is 1. The van der Waals surface area contributed by atoms with Crippen LogP contribution in [-0.2, 0) is 0 Å². The van der Waals surface area contributed by atoms with Gasteiger partial charge in [-0.2, -0.15) is 13.2 Å². The molecule has 0 unspecified atom stereocenters. The molecule has 1 aliphatic carbocycles. The Morgan fingerprint density at radius 3 is 2.24 bits per heavy atom. The summed E-state index contributed by atoms with van der Waals surface area (Å²) in [5.41, 5.74) is 1.59. The van der Waals surface area contributed by atoms with Crippen LogP contribution in [0.1, 0.15) is 48.5 Å². The smallest absolute Gasteiger partial charge is 0.293 e. The lowest BCUT2D eigenvalue weighted by Crippen LogP contribution is -2.39. The van der Waals surface area contributed by atoms with E-state index in [1.807, 2.05) is 12.1 Å². The molecule has 21 heavy (non-hydrogen) atoms. The van der Waals surface area contributed by atoms with Crippen LogP contribution in [0.3, 0.4) is 0 Å². The molecule has 116 valence electrons. The van der Waals surface area contributed by atoms with E-state index >= 15 is 0 Å². The molecule has 5 heteroatoms. The number of alkyl halides is 3. The van der Waals surface area contributed by atoms with Crippen molar-refractivity contribution in [2.75, 3.05) is 13.1 Å². The molecule has 1 aromatic carbocycles. The number of ketones is 1. The van der Waals surface area contributed by atoms with Gasteiger partial charge in [0, 0.05) is 11.6 Å². The van der Waals surface area contributed by atoms with Crippen LogP contribution in [0.4, 0.5) is 13.2 Å². The predicted molar refractivity (Wildman–Crippen MR) is 75.5 cm³/mol. The number of nitrogens with zero attached hydrogens (tertiary/aromatic N) is 1. The Hall–Kier alpha value is -1.36. The molecule has 1 aromatic rings. The summed E-state index contributed by atoms with van der Waals surface area (Å²) in [7, 11) is 0. The highest BCUT2D eigenvalue weighted by atomic mass is 19.4. The quantitative estimate of drug-likeness (QED) is 0.739. The second-order valence-corrected chi connectivity index (χ2v) is 5.95. The van der Waals surface area contributed by atoms with Crippen LogP contribution in [0.15, 0.2) is 24.3 Å². The maximum atomic E-state index is 12.5. The van der Waals surface area contributed by atoms with Gasteiger partial charge in [0.2, 0.25) is 0 Å². The average molecular weight is 299 g/mol. The molecule has 0 atom stereocenters. The monoisotopic (exact) mass is 299 g/mol. The molecule has 0 aromatic heterocycles. The van der Waals surface area contributed by atoms with Crippen molar-refractivity contribution in [3.8, 4) is 0 Å². The van der Waals surface area contributed by atoms with Crippen molar-refractivity contribution >= 4 is 5.78 Å². The van der Waals surface area contributed by atoms with Gasteiger partial charge in [0.1, 0.15) is 0 Å². The summed E-state index contributed by atoms with van der Waals surface area (Å²) in [5, 5.41) is 0. The molecule has 0 radical (unpaired) electrons. The van der Waals surface area contributed by atoms with Gasteiger partial charge in [-0.3, -0.25) is 9.69 Å². The lowest BCUT2D eigenvalue weighted by Gasteiger charge is -2.22. The van der Waals surface area contributed by atoms with E-state index in [0.29, 0.717) is 11.5 Å². The molecule has 0 heterocycles. The van der Waals surface area contributed by atoms with Crippen molar-refractivity contribution in [2.45, 2.75) is 44.8 Å². The number of halogens is 3. The lowest BCUT2D eigenvalue weighted by molar-refractivity contribution is -0.145. The van der Waals surface area contributed by atoms with E-state index in [9.17, 15) is 18.0 Å². The molecular weight excluding hydrogens is 279 g/mol. The molecule has 0 aliphatic heterocycles. The SMILES string of the molecule is CC(C)c1ccc(C(=O)CN(CC(F)(F)F)C2CC2)cc1. The van der Waals surface area contributed by atoms with Crippen LogP contribution >= 0.6 is 0 Å². The van der Waals surface area contributed by atoms with Gasteiger partial charge in [-0.25, -0.2) is 0 Å². The highest BCUT2D eigenvalue weighted by molar-refractivity contribution is 5.97. The Morgan fingerprint density at radius 2 is 1.81 bits per heavy atom. The molecule has 2 rings (SSSR count). The summed E-state index contributed by atoms with van der Waals surface area (Å²) in [4.78, 5) is 13.4. The van der Waals surface area contributed by atoms with Crippen molar-refractivity contribution in [1.29, 1.82) is 0 Å². The summed E-state index contributed by atoms with van der Waals surface area (Å²) in [6, 6.07) is 7.05. The molecule has 0 N–H and O–H groups in total. The number of rotatable bonds is 6. The van der Waals surface area contributed by atoms with Gasteiger partial charge in [0.15, 0.2) is 5.78 Å². The van der Waals surface area contributed by atoms with Crippen LogP contribution in [0.25, 0.3) is 0 Å². The Morgan fingerprint density at radius 1 is 1.24 bits per heavy atom. The maximum Gasteiger partial charge on any atom is 0.401 e. The maximum absolute atomic E-state index is 12.5. The second-order valence-electron chi connectivity index (χ2n) is 5.95. The lowest BCUT2D eigenvalue weighted by atomic mass is 10.0. The molecule has 0 amide bonds. The van der Waals surface area contributed by atoms with Gasteiger partial charge < -0.3 is 0 Å². The van der Waals surface area contributed by atoms with Crippen LogP contribution in [0.5, 0.6) is 0 Å². The molecule has 1 saturated carbocycles. The topological polar surface area (TPSA) is 20.3 Å². The van der Waals surface area contributed by atoms with Crippen molar-refractivity contribution in [2.24, 2.45) is 0 Å². The standard InChI is InChI=1S/C16H20F3NO/c1-11(2)12-3-5-13(6-4-12)15(21)9-20(14-7-8-14)10-16(17,18)19/h3-6,11,14H,7-10H2,1-2H3. The fourth-order valence-electron chi connectivity index (χ4n) is 2.31. The Bertz CT molecular complexity index is 489. The normalized spacial score (nSPS) is 15.8. The van der Waals surface area contributed by atoms with Gasteiger partial charge >= 0.3 is 6.18 Å². The number of benzene rings is 1. The van der Waals surface area contributed by atoms with Gasteiger partial charge in [0.05, 0.1) is 13.1 Å². The first-order valence-electron chi connectivity index (χ1n) is 7.20. The van der Waals surface area contributed by atoms with E-state index in [1.54, 1.807) is 12.1 Å². The fourth-order valence-corrected chi connectivity index (χ4v) is 2.31. The molecule has 2 nitrogen and oxygen atoms in total. The Balaban J connectivity index is 2.01. The van der Waals surface area contributed by atoms with Crippen molar-refractivity contribution in [1.82, 2.24) is 4.90 Å². The zero-order chi connectivity index (χ0) is 15.6. The number of carbonyl (C=O) groups is 1. The van der Waals surface area contributed by atoms with Gasteiger partial charge in [-0.1, -0.05) is 38.1 Å². The second kappa shape index (κ2) is 6.18. The minimum Gasteiger partial charge on any atom is -0.293 e. The first-order valence-corrected chi connectivity index (χ1v) is 7.20. The summed E-state index contributed by atoms with van der Waals surface area (Å²) in [5.74, 6) is 0.115. The zero-order valence-electron chi connectivity index (χ0n) is 12.3. The molecule has 1 fully saturated rings. The van der Waals surface area contributed by atoms with Gasteiger partial charge in [-0.05, 0) is 24.3 Å². The van der Waals surface area contributed by atoms with Gasteiger partial charge in [0.25, 0.3) is 0 Å². The minimum absolute atomic E-state index is 0.0921. The molecule has 1 aliphatic rings. The third kappa shape index (κ3) is 4.84. The third-order valence-corrected chi connectivity index (χ3v) is 3.69. The first kappa shape index (κ1) is 16.0. The van der Waals surface area contributed by atoms with Crippen LogP contribution in [-0.4, -0.2) is 36.0 Å². The molecule has 0 bridgehead atoms. The molecular formula is C16H20F3NO. The van der Waals surface area contributed by atoms with E-state index in [4.69, 9.17) is 0 Å². The van der Waals surface area contributed by atoms with Crippen LogP contribution in [0.2, 0.25) is 0 Å². The van der Waals surface area contributed by atoms with E-state index in [-0.39, 0.29) is 18.4 Å². The Labute approximate surface area is 122 Å². The highest BCUT2D eigenvalue weighted by Crippen LogP contribution is 2.30.